The van der Waals surface area contributed by atoms with E-state index in [4.69, 9.17) is 11.6 Å². The van der Waals surface area contributed by atoms with Gasteiger partial charge in [0, 0.05) is 29.9 Å². The number of imidazole rings is 2. The highest BCUT2D eigenvalue weighted by Gasteiger charge is 2.24. The molecule has 5 nitrogen and oxygen atoms in total. The minimum absolute atomic E-state index is 0.656. The van der Waals surface area contributed by atoms with Gasteiger partial charge in [-0.15, -0.1) is 0 Å². The number of aromatic amines is 1. The monoisotopic (exact) mass is 340 g/mol. The number of nitrogens with one attached hydrogen (secondary N) is 1. The number of hydrogen-bond donors (Lipinski definition) is 2. The number of H-pyrrole nitrogens is 1. The van der Waals surface area contributed by atoms with E-state index >= 15 is 0 Å². The summed E-state index contributed by atoms with van der Waals surface area (Å²) in [6, 6.07) is 5.52. The molecule has 0 aliphatic heterocycles. The number of aromatic nitrogens is 4. The van der Waals surface area contributed by atoms with Gasteiger partial charge in [-0.1, -0.05) is 23.7 Å². The van der Waals surface area contributed by atoms with Crippen molar-refractivity contribution in [2.45, 2.75) is 26.0 Å². The molecule has 1 atom stereocenters. The Morgan fingerprint density at radius 2 is 2.21 bits per heavy atom. The fourth-order valence-electron chi connectivity index (χ4n) is 3.17. The fourth-order valence-corrected chi connectivity index (χ4v) is 3.35. The Kier molecular flexibility index (Phi) is 3.75. The summed E-state index contributed by atoms with van der Waals surface area (Å²) in [5, 5.41) is 11.5. The minimum atomic E-state index is -0.755. The normalized spacial score (nSPS) is 15.9. The zero-order valence-electron chi connectivity index (χ0n) is 13.2. The zero-order chi connectivity index (χ0) is 16.7. The topological polar surface area (TPSA) is 66.7 Å². The smallest absolute Gasteiger partial charge is 0.124 e. The van der Waals surface area contributed by atoms with Crippen LogP contribution in [-0.2, 0) is 13.0 Å². The molecule has 122 valence electrons. The number of aliphatic hydroxyl groups is 1. The van der Waals surface area contributed by atoms with Crippen LogP contribution in [0.5, 0.6) is 0 Å². The van der Waals surface area contributed by atoms with E-state index in [9.17, 15) is 5.11 Å². The first kappa shape index (κ1) is 15.2. The predicted molar refractivity (Wildman–Crippen MR) is 93.7 cm³/mol. The molecule has 0 radical (unpaired) electrons. The van der Waals surface area contributed by atoms with E-state index < -0.39 is 6.10 Å². The number of aryl methyl sites for hydroxylation is 2. The van der Waals surface area contributed by atoms with Gasteiger partial charge in [0.15, 0.2) is 0 Å². The van der Waals surface area contributed by atoms with E-state index in [-0.39, 0.29) is 0 Å². The molecule has 1 aliphatic rings. The summed E-state index contributed by atoms with van der Waals surface area (Å²) < 4.78 is 2.13. The summed E-state index contributed by atoms with van der Waals surface area (Å²) in [5.74, 6) is 0.889. The molecule has 0 saturated carbocycles. The second-order valence-corrected chi connectivity index (χ2v) is 6.35. The van der Waals surface area contributed by atoms with Gasteiger partial charge in [0.2, 0.25) is 0 Å². The third kappa shape index (κ3) is 2.56. The van der Waals surface area contributed by atoms with Crippen molar-refractivity contribution in [3.63, 3.8) is 0 Å². The second kappa shape index (κ2) is 5.92. The van der Waals surface area contributed by atoms with Crippen molar-refractivity contribution in [2.75, 3.05) is 0 Å². The highest BCUT2D eigenvalue weighted by Crippen LogP contribution is 2.34. The van der Waals surface area contributed by atoms with Crippen molar-refractivity contribution in [3.05, 3.63) is 69.8 Å². The van der Waals surface area contributed by atoms with Gasteiger partial charge < -0.3 is 14.7 Å². The summed E-state index contributed by atoms with van der Waals surface area (Å²) in [7, 11) is 0. The van der Waals surface area contributed by atoms with Crippen molar-refractivity contribution in [2.24, 2.45) is 0 Å². The lowest BCUT2D eigenvalue weighted by molar-refractivity contribution is 0.215. The van der Waals surface area contributed by atoms with Crippen molar-refractivity contribution >= 4 is 23.8 Å². The summed E-state index contributed by atoms with van der Waals surface area (Å²) in [6.45, 7) is 2.73. The van der Waals surface area contributed by atoms with Gasteiger partial charge in [-0.05, 0) is 36.3 Å². The van der Waals surface area contributed by atoms with Crippen LogP contribution in [0.4, 0.5) is 0 Å². The quantitative estimate of drug-likeness (QED) is 0.768. The molecule has 2 heterocycles. The van der Waals surface area contributed by atoms with E-state index in [2.05, 4.69) is 19.5 Å². The molecule has 0 spiro atoms. The average Bonchev–Trinajstić information content (AvgIpc) is 3.15. The summed E-state index contributed by atoms with van der Waals surface area (Å²) in [5.41, 5.74) is 4.45. The van der Waals surface area contributed by atoms with E-state index in [1.807, 2.05) is 37.4 Å². The van der Waals surface area contributed by atoms with Crippen molar-refractivity contribution in [3.8, 4) is 0 Å². The first-order valence-electron chi connectivity index (χ1n) is 7.83. The molecule has 24 heavy (non-hydrogen) atoms. The number of fused-ring (bicyclic) bond motifs is 2. The van der Waals surface area contributed by atoms with Crippen LogP contribution < -0.4 is 0 Å². The molecule has 4 rings (SSSR count). The Balaban J connectivity index is 1.73. The summed E-state index contributed by atoms with van der Waals surface area (Å²) >= 11 is 6.08. The van der Waals surface area contributed by atoms with E-state index in [1.54, 1.807) is 12.4 Å². The molecule has 0 amide bonds. The maximum absolute atomic E-state index is 10.8. The molecule has 2 aromatic heterocycles. The number of aliphatic hydroxyl groups excluding tert-OH is 1. The third-order valence-corrected chi connectivity index (χ3v) is 4.64. The van der Waals surface area contributed by atoms with Gasteiger partial charge in [0.05, 0.1) is 17.7 Å². The fraction of sp³-hybridized carbons (Fsp3) is 0.222. The molecule has 1 aromatic carbocycles. The molecule has 6 heteroatoms. The van der Waals surface area contributed by atoms with Gasteiger partial charge in [-0.3, -0.25) is 0 Å². The van der Waals surface area contributed by atoms with Gasteiger partial charge in [0.1, 0.15) is 11.9 Å². The van der Waals surface area contributed by atoms with Crippen LogP contribution in [0, 0.1) is 6.92 Å². The first-order chi connectivity index (χ1) is 11.6. The van der Waals surface area contributed by atoms with E-state index in [0.29, 0.717) is 10.7 Å². The Labute approximate surface area is 144 Å². The lowest BCUT2D eigenvalue weighted by atomic mass is 10.0. The maximum atomic E-state index is 10.8. The van der Waals surface area contributed by atoms with Crippen molar-refractivity contribution in [1.82, 2.24) is 19.5 Å². The molecule has 0 fully saturated rings. The molecule has 0 saturated heterocycles. The largest absolute Gasteiger partial charge is 0.382 e. The highest BCUT2D eigenvalue weighted by molar-refractivity contribution is 6.30. The average molecular weight is 341 g/mol. The number of halogens is 1. The Morgan fingerprint density at radius 3 is 3.00 bits per heavy atom. The molecule has 3 aromatic rings. The van der Waals surface area contributed by atoms with Crippen LogP contribution >= 0.6 is 11.6 Å². The van der Waals surface area contributed by atoms with Crippen LogP contribution in [0.2, 0.25) is 5.02 Å². The first-order valence-corrected chi connectivity index (χ1v) is 8.21. The second-order valence-electron chi connectivity index (χ2n) is 5.92. The van der Waals surface area contributed by atoms with Crippen molar-refractivity contribution < 1.29 is 5.11 Å². The standard InChI is InChI=1S/C18H17ClN4O/c1-11-22-17-16(23(11)7-6-14-9-20-10-21-14)5-2-12-8-13(19)3-4-15(12)18(17)24/h2-5,8-10,18,24H,6-7H2,1H3,(H,20,21). The Bertz CT molecular complexity index is 911. The molecule has 2 N–H and O–H groups in total. The number of hydrogen-bond acceptors (Lipinski definition) is 3. The van der Waals surface area contributed by atoms with Gasteiger partial charge in [-0.25, -0.2) is 9.97 Å². The van der Waals surface area contributed by atoms with Gasteiger partial charge in [0.25, 0.3) is 0 Å². The minimum Gasteiger partial charge on any atom is -0.382 e. The van der Waals surface area contributed by atoms with Crippen LogP contribution in [-0.4, -0.2) is 24.6 Å². The lowest BCUT2D eigenvalue weighted by Crippen LogP contribution is -2.07. The maximum Gasteiger partial charge on any atom is 0.124 e. The SMILES string of the molecule is Cc1nc2c(n1CCc1cnc[nH]1)C=Cc1cc(Cl)ccc1C2O. The molecular weight excluding hydrogens is 324 g/mol. The van der Waals surface area contributed by atoms with Crippen LogP contribution in [0.15, 0.2) is 30.7 Å². The highest BCUT2D eigenvalue weighted by atomic mass is 35.5. The Hall–Kier alpha value is -2.37. The third-order valence-electron chi connectivity index (χ3n) is 4.41. The molecular formula is C18H17ClN4O. The van der Waals surface area contributed by atoms with Crippen LogP contribution in [0.25, 0.3) is 12.2 Å². The summed E-state index contributed by atoms with van der Waals surface area (Å²) in [4.78, 5) is 11.8. The Morgan fingerprint density at radius 1 is 1.33 bits per heavy atom. The number of rotatable bonds is 3. The number of nitrogens with zero attached hydrogens (tertiary/aromatic N) is 3. The van der Waals surface area contributed by atoms with Gasteiger partial charge >= 0.3 is 0 Å². The molecule has 1 unspecified atom stereocenters. The lowest BCUT2D eigenvalue weighted by Gasteiger charge is -2.11. The summed E-state index contributed by atoms with van der Waals surface area (Å²) in [6.07, 6.45) is 7.58. The molecule has 1 aliphatic carbocycles. The van der Waals surface area contributed by atoms with E-state index in [0.717, 1.165) is 41.3 Å². The van der Waals surface area contributed by atoms with Crippen LogP contribution in [0.1, 0.15) is 40.1 Å². The van der Waals surface area contributed by atoms with Crippen molar-refractivity contribution in [1.29, 1.82) is 0 Å². The predicted octanol–water partition coefficient (Wildman–Crippen LogP) is 3.38. The molecule has 0 bridgehead atoms. The number of benzene rings is 1. The van der Waals surface area contributed by atoms with Crippen LogP contribution in [0.3, 0.4) is 0 Å². The van der Waals surface area contributed by atoms with Gasteiger partial charge in [-0.2, -0.15) is 0 Å². The zero-order valence-corrected chi connectivity index (χ0v) is 14.0. The van der Waals surface area contributed by atoms with E-state index in [1.165, 1.54) is 0 Å².